The van der Waals surface area contributed by atoms with Crippen LogP contribution in [0.4, 0.5) is 4.79 Å². The molecule has 1 rings (SSSR count). The lowest BCUT2D eigenvalue weighted by Gasteiger charge is -2.17. The lowest BCUT2D eigenvalue weighted by atomic mass is 10.1. The van der Waals surface area contributed by atoms with Gasteiger partial charge in [0.05, 0.1) is 6.10 Å². The second-order valence-corrected chi connectivity index (χ2v) is 5.38. The normalized spacial score (nSPS) is 26.4. The molecule has 3 N–H and O–H groups in total. The predicted molar refractivity (Wildman–Crippen MR) is 67.7 cm³/mol. The molecule has 1 aliphatic rings. The zero-order chi connectivity index (χ0) is 12.0. The summed E-state index contributed by atoms with van der Waals surface area (Å²) in [7, 11) is 0. The second-order valence-electron chi connectivity index (χ2n) is 4.47. The topological polar surface area (TPSA) is 61.4 Å². The van der Waals surface area contributed by atoms with Crippen molar-refractivity contribution in [3.63, 3.8) is 0 Å². The zero-order valence-electron chi connectivity index (χ0n) is 10.0. The van der Waals surface area contributed by atoms with Crippen LogP contribution in [0.2, 0.25) is 0 Å². The van der Waals surface area contributed by atoms with Crippen LogP contribution in [0.3, 0.4) is 0 Å². The number of carbonyl (C=O) groups is 1. The Kier molecular flexibility index (Phi) is 5.98. The molecule has 16 heavy (non-hydrogen) atoms. The van der Waals surface area contributed by atoms with E-state index in [4.69, 9.17) is 0 Å². The molecule has 0 aliphatic heterocycles. The number of hydrogen-bond acceptors (Lipinski definition) is 3. The quantitative estimate of drug-likeness (QED) is 0.683. The van der Waals surface area contributed by atoms with Crippen molar-refractivity contribution in [2.45, 2.75) is 38.3 Å². The summed E-state index contributed by atoms with van der Waals surface area (Å²) in [5.41, 5.74) is 0. The van der Waals surface area contributed by atoms with Crippen molar-refractivity contribution in [3.8, 4) is 0 Å². The molecule has 5 heteroatoms. The van der Waals surface area contributed by atoms with Crippen LogP contribution in [-0.2, 0) is 0 Å². The Morgan fingerprint density at radius 3 is 2.88 bits per heavy atom. The van der Waals surface area contributed by atoms with Crippen molar-refractivity contribution in [1.82, 2.24) is 10.6 Å². The third kappa shape index (κ3) is 4.61. The maximum absolute atomic E-state index is 11.5. The van der Waals surface area contributed by atoms with Gasteiger partial charge in [0.1, 0.15) is 0 Å². The van der Waals surface area contributed by atoms with Crippen LogP contribution in [0.25, 0.3) is 0 Å². The number of nitrogens with one attached hydrogen (secondary N) is 2. The molecule has 0 aromatic heterocycles. The summed E-state index contributed by atoms with van der Waals surface area (Å²) < 4.78 is 0. The van der Waals surface area contributed by atoms with Gasteiger partial charge in [-0.25, -0.2) is 4.79 Å². The highest BCUT2D eigenvalue weighted by molar-refractivity contribution is 7.98. The van der Waals surface area contributed by atoms with Crippen molar-refractivity contribution in [2.75, 3.05) is 18.6 Å². The molecule has 1 aliphatic carbocycles. The van der Waals surface area contributed by atoms with Gasteiger partial charge >= 0.3 is 6.03 Å². The number of urea groups is 1. The molecule has 2 amide bonds. The Labute approximate surface area is 102 Å². The summed E-state index contributed by atoms with van der Waals surface area (Å²) in [5.74, 6) is 1.15. The van der Waals surface area contributed by atoms with Crippen molar-refractivity contribution in [1.29, 1.82) is 0 Å². The Bertz CT molecular complexity index is 226. The van der Waals surface area contributed by atoms with Gasteiger partial charge in [0, 0.05) is 24.3 Å². The van der Waals surface area contributed by atoms with Gasteiger partial charge in [0.15, 0.2) is 0 Å². The van der Waals surface area contributed by atoms with Gasteiger partial charge in [0.2, 0.25) is 0 Å². The minimum absolute atomic E-state index is 0.124. The minimum Gasteiger partial charge on any atom is -0.393 e. The first kappa shape index (κ1) is 13.6. The first-order chi connectivity index (χ1) is 7.63. The zero-order valence-corrected chi connectivity index (χ0v) is 10.8. The van der Waals surface area contributed by atoms with Crippen molar-refractivity contribution >= 4 is 17.8 Å². The lowest BCUT2D eigenvalue weighted by Crippen LogP contribution is -2.44. The van der Waals surface area contributed by atoms with Gasteiger partial charge in [-0.15, -0.1) is 0 Å². The number of carbonyl (C=O) groups excluding carboxylic acids is 1. The first-order valence-corrected chi connectivity index (χ1v) is 7.24. The number of aliphatic hydroxyl groups excluding tert-OH is 1. The molecule has 1 fully saturated rings. The number of hydrogen-bond donors (Lipinski definition) is 3. The monoisotopic (exact) mass is 246 g/mol. The Hall–Kier alpha value is -0.420. The average molecular weight is 246 g/mol. The summed E-state index contributed by atoms with van der Waals surface area (Å²) in [5, 5.41) is 15.3. The van der Waals surface area contributed by atoms with Gasteiger partial charge in [-0.1, -0.05) is 6.42 Å². The SMILES string of the molecule is CSC[C@H](C)NC(=O)NC[C@@H]1CCC[C@@H]1O. The van der Waals surface area contributed by atoms with Crippen LogP contribution in [0.15, 0.2) is 0 Å². The van der Waals surface area contributed by atoms with Gasteiger partial charge in [-0.2, -0.15) is 11.8 Å². The number of thioether (sulfide) groups is 1. The van der Waals surface area contributed by atoms with Gasteiger partial charge in [-0.3, -0.25) is 0 Å². The fraction of sp³-hybridized carbons (Fsp3) is 0.909. The molecule has 0 aromatic rings. The standard InChI is InChI=1S/C11H22N2O2S/c1-8(7-16-2)13-11(15)12-6-9-4-3-5-10(9)14/h8-10,14H,3-7H2,1-2H3,(H2,12,13,15)/t8-,9-,10-/m0/s1. The summed E-state index contributed by atoms with van der Waals surface area (Å²) in [6.45, 7) is 2.57. The average Bonchev–Trinajstić information content (AvgIpc) is 2.61. The van der Waals surface area contributed by atoms with E-state index in [0.717, 1.165) is 25.0 Å². The van der Waals surface area contributed by atoms with E-state index in [1.54, 1.807) is 11.8 Å². The largest absolute Gasteiger partial charge is 0.393 e. The molecule has 0 radical (unpaired) electrons. The van der Waals surface area contributed by atoms with Gasteiger partial charge in [-0.05, 0) is 26.0 Å². The maximum atomic E-state index is 11.5. The Morgan fingerprint density at radius 2 is 2.31 bits per heavy atom. The number of amides is 2. The van der Waals surface area contributed by atoms with Gasteiger partial charge < -0.3 is 15.7 Å². The highest BCUT2D eigenvalue weighted by Crippen LogP contribution is 2.24. The van der Waals surface area contributed by atoms with Crippen LogP contribution in [0, 0.1) is 5.92 Å². The molecule has 0 saturated heterocycles. The molecule has 0 bridgehead atoms. The van der Waals surface area contributed by atoms with E-state index in [1.165, 1.54) is 0 Å². The molecule has 0 spiro atoms. The first-order valence-electron chi connectivity index (χ1n) is 5.85. The van der Waals surface area contributed by atoms with Crippen molar-refractivity contribution < 1.29 is 9.90 Å². The van der Waals surface area contributed by atoms with E-state index in [1.807, 2.05) is 13.2 Å². The number of rotatable bonds is 5. The van der Waals surface area contributed by atoms with Crippen molar-refractivity contribution in [3.05, 3.63) is 0 Å². The Morgan fingerprint density at radius 1 is 1.56 bits per heavy atom. The maximum Gasteiger partial charge on any atom is 0.315 e. The highest BCUT2D eigenvalue weighted by Gasteiger charge is 2.25. The van der Waals surface area contributed by atoms with Crippen LogP contribution >= 0.6 is 11.8 Å². The number of aliphatic hydroxyl groups is 1. The van der Waals surface area contributed by atoms with Crippen LogP contribution < -0.4 is 10.6 Å². The van der Waals surface area contributed by atoms with Crippen LogP contribution in [0.1, 0.15) is 26.2 Å². The predicted octanol–water partition coefficient (Wildman–Crippen LogP) is 1.20. The molecule has 0 aromatic carbocycles. The van der Waals surface area contributed by atoms with Crippen LogP contribution in [0.5, 0.6) is 0 Å². The molecule has 3 atom stereocenters. The molecule has 0 heterocycles. The van der Waals surface area contributed by atoms with Crippen molar-refractivity contribution in [2.24, 2.45) is 5.92 Å². The molecule has 1 saturated carbocycles. The molecular weight excluding hydrogens is 224 g/mol. The molecular formula is C11H22N2O2S. The third-order valence-electron chi connectivity index (χ3n) is 2.94. The lowest BCUT2D eigenvalue weighted by molar-refractivity contribution is 0.132. The fourth-order valence-electron chi connectivity index (χ4n) is 2.05. The Balaban J connectivity index is 2.14. The third-order valence-corrected chi connectivity index (χ3v) is 3.77. The molecule has 0 unspecified atom stereocenters. The smallest absolute Gasteiger partial charge is 0.315 e. The minimum atomic E-state index is -0.232. The summed E-state index contributed by atoms with van der Waals surface area (Å²) in [6, 6.07) is 0.0594. The van der Waals surface area contributed by atoms with E-state index in [0.29, 0.717) is 6.54 Å². The van der Waals surface area contributed by atoms with E-state index in [-0.39, 0.29) is 24.1 Å². The van der Waals surface area contributed by atoms with Gasteiger partial charge in [0.25, 0.3) is 0 Å². The highest BCUT2D eigenvalue weighted by atomic mass is 32.2. The van der Waals surface area contributed by atoms with E-state index >= 15 is 0 Å². The molecule has 4 nitrogen and oxygen atoms in total. The van der Waals surface area contributed by atoms with Crippen LogP contribution in [-0.4, -0.2) is 41.8 Å². The second kappa shape index (κ2) is 7.01. The summed E-state index contributed by atoms with van der Waals surface area (Å²) in [6.07, 6.45) is 4.74. The molecule has 94 valence electrons. The fourth-order valence-corrected chi connectivity index (χ4v) is 2.63. The summed E-state index contributed by atoms with van der Waals surface area (Å²) in [4.78, 5) is 11.5. The van der Waals surface area contributed by atoms with E-state index < -0.39 is 0 Å². The summed E-state index contributed by atoms with van der Waals surface area (Å²) >= 11 is 1.71. The van der Waals surface area contributed by atoms with E-state index in [2.05, 4.69) is 10.6 Å². The van der Waals surface area contributed by atoms with E-state index in [9.17, 15) is 9.90 Å².